The number of benzene rings is 1. The van der Waals surface area contributed by atoms with Gasteiger partial charge < -0.3 is 14.7 Å². The molecule has 1 aliphatic heterocycles. The van der Waals surface area contributed by atoms with E-state index in [0.717, 1.165) is 0 Å². The van der Waals surface area contributed by atoms with Crippen LogP contribution < -0.4 is 0 Å². The van der Waals surface area contributed by atoms with Crippen LogP contribution in [0.1, 0.15) is 29.6 Å². The van der Waals surface area contributed by atoms with Gasteiger partial charge in [-0.3, -0.25) is 4.79 Å². The van der Waals surface area contributed by atoms with E-state index in [-0.39, 0.29) is 5.78 Å². The minimum absolute atomic E-state index is 0.0949. The lowest BCUT2D eigenvalue weighted by atomic mass is 9.94. The Kier molecular flexibility index (Phi) is 5.76. The molecule has 1 saturated heterocycles. The number of Topliss-reactive ketones (excluding diaryl/α,β-unsaturated/α-hetero) is 1. The van der Waals surface area contributed by atoms with Crippen molar-refractivity contribution in [3.05, 3.63) is 34.9 Å². The number of ether oxygens (including phenoxy) is 1. The molecule has 0 saturated carbocycles. The van der Waals surface area contributed by atoms with Gasteiger partial charge in [-0.15, -0.1) is 0 Å². The highest BCUT2D eigenvalue weighted by atomic mass is 35.5. The summed E-state index contributed by atoms with van der Waals surface area (Å²) in [6.45, 7) is 2.41. The molecule has 21 heavy (non-hydrogen) atoms. The molecule has 1 fully saturated rings. The number of carbonyl (C=O) groups excluding carboxylic acids is 1. The lowest BCUT2D eigenvalue weighted by Gasteiger charge is -2.35. The van der Waals surface area contributed by atoms with E-state index in [1.807, 2.05) is 11.9 Å². The second-order valence-corrected chi connectivity index (χ2v) is 6.19. The Morgan fingerprint density at radius 3 is 2.57 bits per heavy atom. The Labute approximate surface area is 130 Å². The highest BCUT2D eigenvalue weighted by molar-refractivity contribution is 6.30. The Balaban J connectivity index is 1.79. The lowest BCUT2D eigenvalue weighted by Crippen LogP contribution is -2.46. The van der Waals surface area contributed by atoms with Crippen molar-refractivity contribution in [2.75, 3.05) is 33.4 Å². The smallest absolute Gasteiger partial charge is 0.164 e. The predicted octanol–water partition coefficient (Wildman–Crippen LogP) is 2.39. The van der Waals surface area contributed by atoms with Gasteiger partial charge in [0.1, 0.15) is 0 Å². The zero-order valence-corrected chi connectivity index (χ0v) is 13.1. The first kappa shape index (κ1) is 16.4. The van der Waals surface area contributed by atoms with E-state index < -0.39 is 5.60 Å². The summed E-state index contributed by atoms with van der Waals surface area (Å²) >= 11 is 5.81. The fourth-order valence-corrected chi connectivity index (χ4v) is 2.69. The third-order valence-electron chi connectivity index (χ3n) is 3.87. The van der Waals surface area contributed by atoms with Gasteiger partial charge in [-0.2, -0.15) is 0 Å². The molecule has 0 atom stereocenters. The number of halogens is 1. The molecule has 116 valence electrons. The first-order chi connectivity index (χ1) is 9.98. The van der Waals surface area contributed by atoms with Gasteiger partial charge in [0.2, 0.25) is 0 Å². The monoisotopic (exact) mass is 311 g/mol. The maximum Gasteiger partial charge on any atom is 0.164 e. The van der Waals surface area contributed by atoms with Crippen LogP contribution in [-0.4, -0.2) is 54.7 Å². The van der Waals surface area contributed by atoms with Crippen molar-refractivity contribution in [3.8, 4) is 0 Å². The first-order valence-corrected chi connectivity index (χ1v) is 7.64. The maximum absolute atomic E-state index is 12.1. The first-order valence-electron chi connectivity index (χ1n) is 7.26. The molecule has 0 bridgehead atoms. The molecule has 1 aromatic rings. The van der Waals surface area contributed by atoms with Crippen molar-refractivity contribution >= 4 is 17.4 Å². The molecule has 1 aromatic carbocycles. The predicted molar refractivity (Wildman–Crippen MR) is 82.9 cm³/mol. The van der Waals surface area contributed by atoms with E-state index in [9.17, 15) is 9.90 Å². The Bertz CT molecular complexity index is 469. The molecule has 0 aromatic heterocycles. The van der Waals surface area contributed by atoms with Gasteiger partial charge >= 0.3 is 0 Å². The molecular weight excluding hydrogens is 290 g/mol. The van der Waals surface area contributed by atoms with E-state index in [2.05, 4.69) is 0 Å². The number of aliphatic hydroxyl groups is 1. The second kappa shape index (κ2) is 7.36. The van der Waals surface area contributed by atoms with Crippen LogP contribution in [0.4, 0.5) is 0 Å². The van der Waals surface area contributed by atoms with Crippen molar-refractivity contribution in [1.29, 1.82) is 0 Å². The van der Waals surface area contributed by atoms with E-state index in [4.69, 9.17) is 16.3 Å². The van der Waals surface area contributed by atoms with Crippen LogP contribution in [0.25, 0.3) is 0 Å². The maximum atomic E-state index is 12.1. The minimum atomic E-state index is -0.684. The largest absolute Gasteiger partial charge is 0.388 e. The molecule has 0 aliphatic carbocycles. The van der Waals surface area contributed by atoms with Crippen molar-refractivity contribution in [1.82, 2.24) is 4.90 Å². The number of hydrogen-bond acceptors (Lipinski definition) is 4. The fraction of sp³-hybridized carbons (Fsp3) is 0.562. The van der Waals surface area contributed by atoms with Crippen LogP contribution in [0.3, 0.4) is 0 Å². The van der Waals surface area contributed by atoms with Gasteiger partial charge in [-0.1, -0.05) is 11.6 Å². The summed E-state index contributed by atoms with van der Waals surface area (Å²) in [6.07, 6.45) is 1.75. The fourth-order valence-electron chi connectivity index (χ4n) is 2.56. The number of hydrogen-bond donors (Lipinski definition) is 1. The van der Waals surface area contributed by atoms with Gasteiger partial charge in [0.25, 0.3) is 0 Å². The molecule has 1 N–H and O–H groups in total. The van der Waals surface area contributed by atoms with Crippen LogP contribution in [0.15, 0.2) is 24.3 Å². The summed E-state index contributed by atoms with van der Waals surface area (Å²) in [7, 11) is 1.93. The van der Waals surface area contributed by atoms with Gasteiger partial charge in [-0.25, -0.2) is 0 Å². The van der Waals surface area contributed by atoms with E-state index in [1.165, 1.54) is 0 Å². The van der Waals surface area contributed by atoms with Crippen LogP contribution in [0.5, 0.6) is 0 Å². The summed E-state index contributed by atoms with van der Waals surface area (Å²) in [5.74, 6) is 0.0949. The van der Waals surface area contributed by atoms with Gasteiger partial charge in [0.05, 0.1) is 5.60 Å². The van der Waals surface area contributed by atoms with E-state index >= 15 is 0 Å². The lowest BCUT2D eigenvalue weighted by molar-refractivity contribution is -0.0767. The third kappa shape index (κ3) is 5.08. The molecule has 0 unspecified atom stereocenters. The number of likely N-dealkylation sites (N-methyl/N-ethyl adjacent to an activating group) is 1. The molecule has 4 nitrogen and oxygen atoms in total. The zero-order chi connectivity index (χ0) is 15.3. The molecular formula is C16H22ClNO3. The van der Waals surface area contributed by atoms with Crippen molar-refractivity contribution in [2.45, 2.75) is 24.9 Å². The topological polar surface area (TPSA) is 49.8 Å². The number of nitrogens with zero attached hydrogens (tertiary/aromatic N) is 1. The van der Waals surface area contributed by atoms with Crippen molar-refractivity contribution in [2.24, 2.45) is 0 Å². The molecule has 5 heteroatoms. The number of rotatable bonds is 6. The third-order valence-corrected chi connectivity index (χ3v) is 4.13. The van der Waals surface area contributed by atoms with Crippen molar-refractivity contribution in [3.63, 3.8) is 0 Å². The Morgan fingerprint density at radius 2 is 1.95 bits per heavy atom. The Morgan fingerprint density at radius 1 is 1.33 bits per heavy atom. The molecule has 1 aliphatic rings. The average molecular weight is 312 g/mol. The van der Waals surface area contributed by atoms with Crippen LogP contribution >= 0.6 is 11.6 Å². The molecule has 0 radical (unpaired) electrons. The quantitative estimate of drug-likeness (QED) is 0.820. The minimum Gasteiger partial charge on any atom is -0.388 e. The highest BCUT2D eigenvalue weighted by Crippen LogP contribution is 2.21. The van der Waals surface area contributed by atoms with Crippen LogP contribution in [-0.2, 0) is 4.74 Å². The molecule has 2 rings (SSSR count). The average Bonchev–Trinajstić information content (AvgIpc) is 2.46. The highest BCUT2D eigenvalue weighted by Gasteiger charge is 2.30. The van der Waals surface area contributed by atoms with Gasteiger partial charge in [0.15, 0.2) is 5.78 Å². The normalized spacial score (nSPS) is 17.9. The Hall–Kier alpha value is -0.940. The van der Waals surface area contributed by atoms with Crippen molar-refractivity contribution < 1.29 is 14.6 Å². The molecule has 1 heterocycles. The summed E-state index contributed by atoms with van der Waals surface area (Å²) in [5, 5.41) is 11.1. The summed E-state index contributed by atoms with van der Waals surface area (Å²) < 4.78 is 5.27. The SMILES string of the molecule is CN(CCC(=O)c1ccc(Cl)cc1)CC1(O)CCOCC1. The van der Waals surface area contributed by atoms with Gasteiger partial charge in [-0.05, 0) is 31.3 Å². The standard InChI is InChI=1S/C16H22ClNO3/c1-18(12-16(20)7-10-21-11-8-16)9-6-15(19)13-2-4-14(17)5-3-13/h2-5,20H,6-12H2,1H3. The van der Waals surface area contributed by atoms with Crippen LogP contribution in [0.2, 0.25) is 5.02 Å². The van der Waals surface area contributed by atoms with E-state index in [1.54, 1.807) is 24.3 Å². The number of carbonyl (C=O) groups is 1. The van der Waals surface area contributed by atoms with E-state index in [0.29, 0.717) is 56.2 Å². The zero-order valence-electron chi connectivity index (χ0n) is 12.3. The second-order valence-electron chi connectivity index (χ2n) is 5.75. The number of ketones is 1. The summed E-state index contributed by atoms with van der Waals surface area (Å²) in [5.41, 5.74) is -0.00589. The molecule has 0 amide bonds. The van der Waals surface area contributed by atoms with Gasteiger partial charge in [0, 0.05) is 56.2 Å². The molecule has 0 spiro atoms. The van der Waals surface area contributed by atoms with Crippen LogP contribution in [0, 0.1) is 0 Å². The summed E-state index contributed by atoms with van der Waals surface area (Å²) in [4.78, 5) is 14.1. The summed E-state index contributed by atoms with van der Waals surface area (Å²) in [6, 6.07) is 6.94.